The van der Waals surface area contributed by atoms with Crippen molar-refractivity contribution < 1.29 is 4.74 Å². The van der Waals surface area contributed by atoms with Gasteiger partial charge < -0.3 is 9.64 Å². The summed E-state index contributed by atoms with van der Waals surface area (Å²) < 4.78 is 6.82. The van der Waals surface area contributed by atoms with Crippen LogP contribution in [0, 0.1) is 6.92 Å². The minimum Gasteiger partial charge on any atom is -0.490 e. The first-order chi connectivity index (χ1) is 8.75. The van der Waals surface area contributed by atoms with Gasteiger partial charge in [0, 0.05) is 10.2 Å². The normalized spacial score (nSPS) is 14.0. The second-order valence-corrected chi connectivity index (χ2v) is 5.26. The molecule has 0 fully saturated rings. The van der Waals surface area contributed by atoms with Gasteiger partial charge >= 0.3 is 0 Å². The Morgan fingerprint density at radius 1 is 1.17 bits per heavy atom. The third-order valence-electron chi connectivity index (χ3n) is 3.18. The van der Waals surface area contributed by atoms with Gasteiger partial charge in [-0.2, -0.15) is 0 Å². The van der Waals surface area contributed by atoms with E-state index in [1.807, 2.05) is 18.2 Å². The van der Waals surface area contributed by atoms with Gasteiger partial charge in [-0.3, -0.25) is 0 Å². The minimum atomic E-state index is 0.728. The van der Waals surface area contributed by atoms with E-state index >= 15 is 0 Å². The number of para-hydroxylation sites is 2. The lowest BCUT2D eigenvalue weighted by atomic mass is 10.1. The van der Waals surface area contributed by atoms with Crippen LogP contribution in [0.4, 0.5) is 11.4 Å². The smallest absolute Gasteiger partial charge is 0.143 e. The molecule has 0 radical (unpaired) electrons. The number of aryl methyl sites for hydroxylation is 1. The summed E-state index contributed by atoms with van der Waals surface area (Å²) in [5.41, 5.74) is 3.60. The largest absolute Gasteiger partial charge is 0.490 e. The molecule has 2 aromatic rings. The summed E-state index contributed by atoms with van der Waals surface area (Å²) in [6, 6.07) is 14.6. The van der Waals surface area contributed by atoms with Gasteiger partial charge in [-0.1, -0.05) is 28.1 Å². The summed E-state index contributed by atoms with van der Waals surface area (Å²) in [5, 5.41) is 0. The van der Waals surface area contributed by atoms with Crippen molar-refractivity contribution in [1.29, 1.82) is 0 Å². The number of fused-ring (bicyclic) bond motifs is 1. The molecule has 0 bridgehead atoms. The number of anilines is 2. The van der Waals surface area contributed by atoms with Crippen LogP contribution in [0.15, 0.2) is 46.9 Å². The Morgan fingerprint density at radius 2 is 2.00 bits per heavy atom. The second kappa shape index (κ2) is 4.65. The molecule has 0 atom stereocenters. The molecule has 0 aromatic heterocycles. The van der Waals surface area contributed by atoms with Crippen LogP contribution in [0.2, 0.25) is 0 Å². The van der Waals surface area contributed by atoms with E-state index in [0.29, 0.717) is 0 Å². The molecule has 0 aliphatic carbocycles. The zero-order valence-corrected chi connectivity index (χ0v) is 11.8. The first-order valence-electron chi connectivity index (χ1n) is 6.01. The highest BCUT2D eigenvalue weighted by atomic mass is 79.9. The molecule has 0 saturated heterocycles. The van der Waals surface area contributed by atoms with Gasteiger partial charge in [0.15, 0.2) is 0 Å². The fraction of sp³-hybridized carbons (Fsp3) is 0.200. The highest BCUT2D eigenvalue weighted by Crippen LogP contribution is 2.37. The summed E-state index contributed by atoms with van der Waals surface area (Å²) in [7, 11) is 0. The SMILES string of the molecule is Cc1cc(N2CCOc3ccccc32)ccc1Br. The molecule has 0 saturated carbocycles. The van der Waals surface area contributed by atoms with Gasteiger partial charge in [0.25, 0.3) is 0 Å². The number of hydrogen-bond acceptors (Lipinski definition) is 2. The van der Waals surface area contributed by atoms with Crippen molar-refractivity contribution >= 4 is 27.3 Å². The number of rotatable bonds is 1. The molecule has 92 valence electrons. The maximum Gasteiger partial charge on any atom is 0.143 e. The number of nitrogens with zero attached hydrogens (tertiary/aromatic N) is 1. The molecule has 3 heteroatoms. The maximum atomic E-state index is 5.68. The average molecular weight is 304 g/mol. The van der Waals surface area contributed by atoms with Crippen LogP contribution >= 0.6 is 15.9 Å². The molecule has 2 nitrogen and oxygen atoms in total. The lowest BCUT2D eigenvalue weighted by molar-refractivity contribution is 0.314. The molecular formula is C15H14BrNO. The summed E-state index contributed by atoms with van der Waals surface area (Å²) in [6.45, 7) is 3.73. The summed E-state index contributed by atoms with van der Waals surface area (Å²) >= 11 is 3.54. The maximum absolute atomic E-state index is 5.68. The molecule has 1 aliphatic rings. The van der Waals surface area contributed by atoms with Gasteiger partial charge in [0.2, 0.25) is 0 Å². The molecule has 1 heterocycles. The molecule has 3 rings (SSSR count). The van der Waals surface area contributed by atoms with E-state index in [-0.39, 0.29) is 0 Å². The Labute approximate surface area is 115 Å². The molecule has 0 amide bonds. The monoisotopic (exact) mass is 303 g/mol. The molecule has 1 aliphatic heterocycles. The van der Waals surface area contributed by atoms with Gasteiger partial charge in [-0.15, -0.1) is 0 Å². The van der Waals surface area contributed by atoms with E-state index < -0.39 is 0 Å². The standard InChI is InChI=1S/C15H14BrNO/c1-11-10-12(6-7-13(11)16)17-8-9-18-15-5-3-2-4-14(15)17/h2-7,10H,8-9H2,1H3. The topological polar surface area (TPSA) is 12.5 Å². The summed E-state index contributed by atoms with van der Waals surface area (Å²) in [4.78, 5) is 2.30. The molecule has 0 spiro atoms. The van der Waals surface area contributed by atoms with Crippen molar-refractivity contribution in [2.24, 2.45) is 0 Å². The molecular weight excluding hydrogens is 290 g/mol. The summed E-state index contributed by atoms with van der Waals surface area (Å²) in [5.74, 6) is 0.962. The molecule has 0 unspecified atom stereocenters. The first-order valence-corrected chi connectivity index (χ1v) is 6.80. The van der Waals surface area contributed by atoms with Crippen LogP contribution in [0.1, 0.15) is 5.56 Å². The van der Waals surface area contributed by atoms with Crippen molar-refractivity contribution in [1.82, 2.24) is 0 Å². The average Bonchev–Trinajstić information content (AvgIpc) is 2.41. The zero-order valence-electron chi connectivity index (χ0n) is 10.2. The van der Waals surface area contributed by atoms with Crippen molar-refractivity contribution in [3.05, 3.63) is 52.5 Å². The summed E-state index contributed by atoms with van der Waals surface area (Å²) in [6.07, 6.45) is 0. The molecule has 0 N–H and O–H groups in total. The quantitative estimate of drug-likeness (QED) is 0.779. The van der Waals surface area contributed by atoms with Gasteiger partial charge in [0.1, 0.15) is 12.4 Å². The van der Waals surface area contributed by atoms with Crippen LogP contribution in [-0.4, -0.2) is 13.2 Å². The second-order valence-electron chi connectivity index (χ2n) is 4.40. The molecule has 2 aromatic carbocycles. The van der Waals surface area contributed by atoms with E-state index in [0.717, 1.165) is 29.1 Å². The first kappa shape index (κ1) is 11.6. The number of benzene rings is 2. The lowest BCUT2D eigenvalue weighted by Gasteiger charge is -2.31. The van der Waals surface area contributed by atoms with Gasteiger partial charge in [0.05, 0.1) is 12.2 Å². The minimum absolute atomic E-state index is 0.728. The fourth-order valence-corrected chi connectivity index (χ4v) is 2.48. The predicted molar refractivity (Wildman–Crippen MR) is 77.8 cm³/mol. The van der Waals surface area contributed by atoms with Crippen LogP contribution in [0.5, 0.6) is 5.75 Å². The van der Waals surface area contributed by atoms with E-state index in [1.54, 1.807) is 0 Å². The van der Waals surface area contributed by atoms with E-state index in [4.69, 9.17) is 4.74 Å². The van der Waals surface area contributed by atoms with E-state index in [9.17, 15) is 0 Å². The Hall–Kier alpha value is -1.48. The highest BCUT2D eigenvalue weighted by Gasteiger charge is 2.18. The van der Waals surface area contributed by atoms with Crippen molar-refractivity contribution in [3.8, 4) is 5.75 Å². The van der Waals surface area contributed by atoms with E-state index in [1.165, 1.54) is 11.3 Å². The van der Waals surface area contributed by atoms with Crippen LogP contribution in [-0.2, 0) is 0 Å². The van der Waals surface area contributed by atoms with Crippen molar-refractivity contribution in [3.63, 3.8) is 0 Å². The van der Waals surface area contributed by atoms with Crippen molar-refractivity contribution in [2.75, 3.05) is 18.1 Å². The van der Waals surface area contributed by atoms with Crippen LogP contribution < -0.4 is 9.64 Å². The number of hydrogen-bond donors (Lipinski definition) is 0. The lowest BCUT2D eigenvalue weighted by Crippen LogP contribution is -2.28. The third-order valence-corrected chi connectivity index (χ3v) is 4.07. The zero-order chi connectivity index (χ0) is 12.5. The predicted octanol–water partition coefficient (Wildman–Crippen LogP) is 4.29. The van der Waals surface area contributed by atoms with Crippen LogP contribution in [0.3, 0.4) is 0 Å². The fourth-order valence-electron chi connectivity index (χ4n) is 2.23. The number of ether oxygens (including phenoxy) is 1. The Bertz CT molecular complexity index is 582. The Kier molecular flexibility index (Phi) is 3.00. The third kappa shape index (κ3) is 1.99. The van der Waals surface area contributed by atoms with E-state index in [2.05, 4.69) is 52.0 Å². The number of halogens is 1. The Morgan fingerprint density at radius 3 is 2.83 bits per heavy atom. The van der Waals surface area contributed by atoms with Gasteiger partial charge in [-0.25, -0.2) is 0 Å². The molecule has 18 heavy (non-hydrogen) atoms. The van der Waals surface area contributed by atoms with Crippen molar-refractivity contribution in [2.45, 2.75) is 6.92 Å². The van der Waals surface area contributed by atoms with Gasteiger partial charge in [-0.05, 0) is 42.8 Å². The van der Waals surface area contributed by atoms with Crippen LogP contribution in [0.25, 0.3) is 0 Å². The Balaban J connectivity index is 2.05. The highest BCUT2D eigenvalue weighted by molar-refractivity contribution is 9.10.